The van der Waals surface area contributed by atoms with E-state index in [1.165, 1.54) is 11.3 Å². The number of aromatic nitrogens is 5. The van der Waals surface area contributed by atoms with Crippen molar-refractivity contribution in [3.8, 4) is 0 Å². The highest BCUT2D eigenvalue weighted by Gasteiger charge is 2.29. The van der Waals surface area contributed by atoms with E-state index in [-0.39, 0.29) is 6.10 Å². The first-order valence-electron chi connectivity index (χ1n) is 12.9. The van der Waals surface area contributed by atoms with Crippen LogP contribution >= 0.6 is 0 Å². The number of aryl methyl sites for hydroxylation is 1. The molecule has 3 aromatic heterocycles. The topological polar surface area (TPSA) is 91.5 Å². The molecule has 8 heteroatoms. The van der Waals surface area contributed by atoms with Crippen molar-refractivity contribution < 1.29 is 5.11 Å². The predicted octanol–water partition coefficient (Wildman–Crippen LogP) is 4.44. The molecule has 1 saturated heterocycles. The highest BCUT2D eigenvalue weighted by atomic mass is 16.3. The SMILES string of the molecule is CCC(C)Nc1ncc2c(C3CCN(c4nccc(C)n4)CC3)cc([C@H]3CC[C@H](O)CC3)n2n1. The Kier molecular flexibility index (Phi) is 6.68. The molecule has 0 radical (unpaired) electrons. The van der Waals surface area contributed by atoms with E-state index in [0.29, 0.717) is 23.8 Å². The van der Waals surface area contributed by atoms with E-state index in [4.69, 9.17) is 5.10 Å². The lowest BCUT2D eigenvalue weighted by molar-refractivity contribution is 0.121. The van der Waals surface area contributed by atoms with Crippen LogP contribution in [0.2, 0.25) is 0 Å². The van der Waals surface area contributed by atoms with Crippen LogP contribution in [-0.4, -0.2) is 54.9 Å². The van der Waals surface area contributed by atoms with Crippen molar-refractivity contribution in [2.24, 2.45) is 0 Å². The van der Waals surface area contributed by atoms with Gasteiger partial charge in [-0.05, 0) is 82.4 Å². The number of hydrogen-bond donors (Lipinski definition) is 2. The number of nitrogens with one attached hydrogen (secondary N) is 1. The Bertz CT molecular complexity index is 1110. The van der Waals surface area contributed by atoms with Crippen molar-refractivity contribution in [1.29, 1.82) is 0 Å². The molecular formula is C26H37N7O. The smallest absolute Gasteiger partial charge is 0.241 e. The van der Waals surface area contributed by atoms with Crippen LogP contribution in [0.25, 0.3) is 5.52 Å². The predicted molar refractivity (Wildman–Crippen MR) is 135 cm³/mol. The lowest BCUT2D eigenvalue weighted by Gasteiger charge is -2.32. The second-order valence-corrected chi connectivity index (χ2v) is 10.1. The number of rotatable bonds is 6. The molecule has 1 atom stereocenters. The van der Waals surface area contributed by atoms with Gasteiger partial charge in [-0.2, -0.15) is 0 Å². The maximum Gasteiger partial charge on any atom is 0.241 e. The van der Waals surface area contributed by atoms with E-state index in [0.717, 1.165) is 75.2 Å². The minimum Gasteiger partial charge on any atom is -0.393 e. The molecule has 1 aliphatic heterocycles. The lowest BCUT2D eigenvalue weighted by Crippen LogP contribution is -2.34. The fraction of sp³-hybridized carbons (Fsp3) is 0.615. The molecule has 34 heavy (non-hydrogen) atoms. The maximum atomic E-state index is 10.0. The molecule has 0 amide bonds. The van der Waals surface area contributed by atoms with E-state index < -0.39 is 0 Å². The van der Waals surface area contributed by atoms with E-state index in [1.54, 1.807) is 0 Å². The average Bonchev–Trinajstić information content (AvgIpc) is 3.23. The highest BCUT2D eigenvalue weighted by Crippen LogP contribution is 2.39. The molecule has 0 spiro atoms. The van der Waals surface area contributed by atoms with Gasteiger partial charge in [0, 0.05) is 42.6 Å². The Morgan fingerprint density at radius 1 is 1.09 bits per heavy atom. The van der Waals surface area contributed by atoms with Crippen LogP contribution in [0.3, 0.4) is 0 Å². The first kappa shape index (κ1) is 23.0. The normalized spacial score (nSPS) is 22.8. The van der Waals surface area contributed by atoms with Gasteiger partial charge in [0.2, 0.25) is 11.9 Å². The monoisotopic (exact) mass is 463 g/mol. The molecular weight excluding hydrogens is 426 g/mol. The van der Waals surface area contributed by atoms with Crippen LogP contribution in [0, 0.1) is 6.92 Å². The minimum absolute atomic E-state index is 0.160. The molecule has 2 aliphatic rings. The standard InChI is InChI=1S/C26H37N7O/c1-4-17(2)29-25-28-16-24-22(15-23(33(24)31-25)20-5-7-21(34)8-6-20)19-10-13-32(14-11-19)26-27-12-9-18(3)30-26/h9,12,15-17,19-21,34H,4-8,10-11,13-14H2,1-3H3,(H,29,31)/t17?,20-,21-. The minimum atomic E-state index is -0.160. The molecule has 0 aromatic carbocycles. The van der Waals surface area contributed by atoms with E-state index in [1.807, 2.05) is 25.4 Å². The number of hydrogen-bond acceptors (Lipinski definition) is 7. The van der Waals surface area contributed by atoms with Crippen molar-refractivity contribution in [3.63, 3.8) is 0 Å². The highest BCUT2D eigenvalue weighted by molar-refractivity contribution is 5.59. The summed E-state index contributed by atoms with van der Waals surface area (Å²) >= 11 is 0. The molecule has 182 valence electrons. The maximum absolute atomic E-state index is 10.0. The molecule has 0 bridgehead atoms. The lowest BCUT2D eigenvalue weighted by atomic mass is 9.84. The zero-order valence-electron chi connectivity index (χ0n) is 20.6. The van der Waals surface area contributed by atoms with Crippen LogP contribution in [0.1, 0.15) is 87.6 Å². The van der Waals surface area contributed by atoms with Crippen LogP contribution < -0.4 is 10.2 Å². The Balaban J connectivity index is 1.42. The van der Waals surface area contributed by atoms with Crippen molar-refractivity contribution in [3.05, 3.63) is 41.5 Å². The quantitative estimate of drug-likeness (QED) is 0.558. The van der Waals surface area contributed by atoms with Gasteiger partial charge in [-0.3, -0.25) is 0 Å². The van der Waals surface area contributed by atoms with Gasteiger partial charge in [0.1, 0.15) is 0 Å². The number of fused-ring (bicyclic) bond motifs is 1. The van der Waals surface area contributed by atoms with Gasteiger partial charge in [0.25, 0.3) is 0 Å². The summed E-state index contributed by atoms with van der Waals surface area (Å²) in [5.74, 6) is 2.42. The van der Waals surface area contributed by atoms with Crippen molar-refractivity contribution in [1.82, 2.24) is 24.6 Å². The molecule has 2 fully saturated rings. The first-order chi connectivity index (χ1) is 16.5. The van der Waals surface area contributed by atoms with Gasteiger partial charge in [-0.15, -0.1) is 5.10 Å². The molecule has 5 rings (SSSR count). The summed E-state index contributed by atoms with van der Waals surface area (Å²) in [5, 5.41) is 18.4. The van der Waals surface area contributed by atoms with Gasteiger partial charge in [0.05, 0.1) is 17.8 Å². The van der Waals surface area contributed by atoms with Gasteiger partial charge in [-0.25, -0.2) is 19.5 Å². The third-order valence-electron chi connectivity index (χ3n) is 7.68. The van der Waals surface area contributed by atoms with Crippen LogP contribution in [0.5, 0.6) is 0 Å². The van der Waals surface area contributed by atoms with Gasteiger partial charge in [-0.1, -0.05) is 6.92 Å². The molecule has 3 aromatic rings. The molecule has 1 aliphatic carbocycles. The fourth-order valence-electron chi connectivity index (χ4n) is 5.40. The summed E-state index contributed by atoms with van der Waals surface area (Å²) in [4.78, 5) is 16.1. The summed E-state index contributed by atoms with van der Waals surface area (Å²) in [6, 6.07) is 4.66. The zero-order valence-corrected chi connectivity index (χ0v) is 20.6. The number of anilines is 2. The second kappa shape index (κ2) is 9.86. The summed E-state index contributed by atoms with van der Waals surface area (Å²) in [5.41, 5.74) is 4.77. The first-order valence-corrected chi connectivity index (χ1v) is 12.9. The van der Waals surface area contributed by atoms with Crippen LogP contribution in [0.4, 0.5) is 11.9 Å². The summed E-state index contributed by atoms with van der Waals surface area (Å²) in [7, 11) is 0. The number of aliphatic hydroxyl groups is 1. The number of aliphatic hydroxyl groups excluding tert-OH is 1. The summed E-state index contributed by atoms with van der Waals surface area (Å²) in [6.07, 6.45) is 10.6. The van der Waals surface area contributed by atoms with Crippen LogP contribution in [0.15, 0.2) is 24.5 Å². The fourth-order valence-corrected chi connectivity index (χ4v) is 5.40. The van der Waals surface area contributed by atoms with Gasteiger partial charge in [0.15, 0.2) is 0 Å². The molecule has 4 heterocycles. The Labute approximate surface area is 201 Å². The summed E-state index contributed by atoms with van der Waals surface area (Å²) < 4.78 is 2.14. The van der Waals surface area contributed by atoms with E-state index in [9.17, 15) is 5.11 Å². The summed E-state index contributed by atoms with van der Waals surface area (Å²) in [6.45, 7) is 8.23. The van der Waals surface area contributed by atoms with Crippen molar-refractivity contribution in [2.75, 3.05) is 23.3 Å². The Morgan fingerprint density at radius 2 is 1.85 bits per heavy atom. The molecule has 1 unspecified atom stereocenters. The van der Waals surface area contributed by atoms with Gasteiger partial charge >= 0.3 is 0 Å². The molecule has 2 N–H and O–H groups in total. The third kappa shape index (κ3) is 4.73. The van der Waals surface area contributed by atoms with E-state index >= 15 is 0 Å². The number of piperidine rings is 1. The zero-order chi connectivity index (χ0) is 23.7. The van der Waals surface area contributed by atoms with Crippen molar-refractivity contribution in [2.45, 2.75) is 89.7 Å². The average molecular weight is 464 g/mol. The van der Waals surface area contributed by atoms with E-state index in [2.05, 4.69) is 49.6 Å². The third-order valence-corrected chi connectivity index (χ3v) is 7.68. The Hall–Kier alpha value is -2.74. The number of nitrogens with zero attached hydrogens (tertiary/aromatic N) is 6. The Morgan fingerprint density at radius 3 is 2.56 bits per heavy atom. The largest absolute Gasteiger partial charge is 0.393 e. The molecule has 1 saturated carbocycles. The van der Waals surface area contributed by atoms with Crippen molar-refractivity contribution >= 4 is 17.4 Å². The van der Waals surface area contributed by atoms with Crippen LogP contribution in [-0.2, 0) is 0 Å². The molecule has 8 nitrogen and oxygen atoms in total. The van der Waals surface area contributed by atoms with Gasteiger partial charge < -0.3 is 15.3 Å². The second-order valence-electron chi connectivity index (χ2n) is 10.1.